The molecular formula is C14H21ClN6O3. The number of alkyl halides is 1. The van der Waals surface area contributed by atoms with Crippen LogP contribution in [0.25, 0.3) is 11.2 Å². The second-order valence-corrected chi connectivity index (χ2v) is 6.42. The zero-order valence-corrected chi connectivity index (χ0v) is 14.5. The van der Waals surface area contributed by atoms with E-state index >= 15 is 0 Å². The van der Waals surface area contributed by atoms with Crippen molar-refractivity contribution in [1.29, 1.82) is 0 Å². The second kappa shape index (κ2) is 6.58. The van der Waals surface area contributed by atoms with Crippen LogP contribution in [0.2, 0.25) is 0 Å². The molecule has 1 saturated heterocycles. The minimum absolute atomic E-state index is 0.0471. The minimum Gasteiger partial charge on any atom is -0.390 e. The number of hydrogen-bond donors (Lipinski definition) is 2. The van der Waals surface area contributed by atoms with Crippen LogP contribution in [0.3, 0.4) is 0 Å². The largest absolute Gasteiger partial charge is 0.390 e. The highest BCUT2D eigenvalue weighted by Gasteiger charge is 2.24. The first-order chi connectivity index (χ1) is 11.4. The molecule has 1 aliphatic heterocycles. The highest BCUT2D eigenvalue weighted by molar-refractivity contribution is 6.18. The van der Waals surface area contributed by atoms with Crippen LogP contribution in [0.1, 0.15) is 0 Å². The van der Waals surface area contributed by atoms with Crippen molar-refractivity contribution in [1.82, 2.24) is 24.0 Å². The summed E-state index contributed by atoms with van der Waals surface area (Å²) < 4.78 is 2.96. The lowest BCUT2D eigenvalue weighted by Gasteiger charge is -2.33. The Balaban J connectivity index is 2.18. The molecule has 10 heteroatoms. The van der Waals surface area contributed by atoms with Gasteiger partial charge in [0.25, 0.3) is 5.56 Å². The Labute approximate surface area is 143 Å². The molecule has 1 fully saturated rings. The summed E-state index contributed by atoms with van der Waals surface area (Å²) in [5.41, 5.74) is -0.447. The Morgan fingerprint density at radius 1 is 1.25 bits per heavy atom. The van der Waals surface area contributed by atoms with Crippen LogP contribution in [-0.4, -0.2) is 74.3 Å². The number of aliphatic hydroxyl groups excluding tert-OH is 1. The van der Waals surface area contributed by atoms with Crippen LogP contribution in [0.5, 0.6) is 0 Å². The minimum atomic E-state index is -0.813. The van der Waals surface area contributed by atoms with Gasteiger partial charge >= 0.3 is 5.69 Å². The number of aryl methyl sites for hydroxylation is 1. The zero-order valence-electron chi connectivity index (χ0n) is 13.7. The number of likely N-dealkylation sites (N-methyl/N-ethyl adjacent to an activating group) is 1. The number of nitrogens with zero attached hydrogens (tertiary/aromatic N) is 5. The number of rotatable bonds is 4. The molecule has 0 spiro atoms. The molecule has 132 valence electrons. The van der Waals surface area contributed by atoms with Gasteiger partial charge in [0.05, 0.1) is 18.5 Å². The van der Waals surface area contributed by atoms with Gasteiger partial charge in [-0.15, -0.1) is 11.6 Å². The first-order valence-corrected chi connectivity index (χ1v) is 8.33. The topological polar surface area (TPSA) is 99.4 Å². The first kappa shape index (κ1) is 17.0. The SMILES string of the molecule is CN1CCN(c2nc3c(c(=O)[nH]c(=O)n3C)n2C[C@@H](O)CCl)CC1. The number of H-pyrrole nitrogens is 1. The third-order valence-electron chi connectivity index (χ3n) is 4.34. The summed E-state index contributed by atoms with van der Waals surface area (Å²) in [4.78, 5) is 35.2. The Hall–Kier alpha value is -1.84. The standard InChI is InChI=1S/C14H21ClN6O3/c1-18-3-5-20(6-4-18)13-16-11-10(21(13)8-9(22)7-15)12(23)17-14(24)19(11)2/h9,22H,3-8H2,1-2H3,(H,17,23,24)/t9-/m0/s1. The van der Waals surface area contributed by atoms with Crippen molar-refractivity contribution in [2.45, 2.75) is 12.6 Å². The molecule has 2 aromatic rings. The van der Waals surface area contributed by atoms with E-state index in [1.165, 1.54) is 4.57 Å². The highest BCUT2D eigenvalue weighted by atomic mass is 35.5. The predicted octanol–water partition coefficient (Wildman–Crippen LogP) is -1.23. The molecule has 3 heterocycles. The highest BCUT2D eigenvalue weighted by Crippen LogP contribution is 2.21. The van der Waals surface area contributed by atoms with E-state index in [0.717, 1.165) is 26.2 Å². The maximum atomic E-state index is 12.3. The molecular weight excluding hydrogens is 336 g/mol. The molecule has 0 bridgehead atoms. The number of hydrogen-bond acceptors (Lipinski definition) is 6. The average molecular weight is 357 g/mol. The Bertz CT molecular complexity index is 849. The van der Waals surface area contributed by atoms with Gasteiger partial charge in [-0.05, 0) is 7.05 Å². The summed E-state index contributed by atoms with van der Waals surface area (Å²) in [7, 11) is 3.61. The maximum Gasteiger partial charge on any atom is 0.329 e. The van der Waals surface area contributed by atoms with Crippen molar-refractivity contribution in [2.75, 3.05) is 44.0 Å². The average Bonchev–Trinajstić information content (AvgIpc) is 2.93. The van der Waals surface area contributed by atoms with E-state index in [9.17, 15) is 14.7 Å². The van der Waals surface area contributed by atoms with Gasteiger partial charge < -0.3 is 19.5 Å². The van der Waals surface area contributed by atoms with Gasteiger partial charge in [-0.25, -0.2) is 4.79 Å². The summed E-state index contributed by atoms with van der Waals surface area (Å²) in [5, 5.41) is 9.98. The summed E-state index contributed by atoms with van der Waals surface area (Å²) >= 11 is 5.73. The van der Waals surface area contributed by atoms with E-state index in [1.807, 2.05) is 7.05 Å². The van der Waals surface area contributed by atoms with Crippen molar-refractivity contribution in [3.63, 3.8) is 0 Å². The number of anilines is 1. The van der Waals surface area contributed by atoms with Gasteiger partial charge in [-0.2, -0.15) is 4.98 Å². The molecule has 0 unspecified atom stereocenters. The molecule has 1 aliphatic rings. The summed E-state index contributed by atoms with van der Waals surface area (Å²) in [6, 6.07) is 0. The Kier molecular flexibility index (Phi) is 4.66. The fourth-order valence-electron chi connectivity index (χ4n) is 2.90. The van der Waals surface area contributed by atoms with Crippen molar-refractivity contribution in [3.8, 4) is 0 Å². The van der Waals surface area contributed by atoms with Gasteiger partial charge in [0.1, 0.15) is 0 Å². The quantitative estimate of drug-likeness (QED) is 0.666. The van der Waals surface area contributed by atoms with E-state index in [0.29, 0.717) is 11.6 Å². The third-order valence-corrected chi connectivity index (χ3v) is 4.70. The molecule has 2 N–H and O–H groups in total. The molecule has 1 atom stereocenters. The molecule has 0 aliphatic carbocycles. The number of halogens is 1. The third kappa shape index (κ3) is 2.94. The normalized spacial score (nSPS) is 17.6. The molecule has 0 aromatic carbocycles. The van der Waals surface area contributed by atoms with Crippen LogP contribution in [0, 0.1) is 0 Å². The van der Waals surface area contributed by atoms with Gasteiger partial charge in [0.15, 0.2) is 11.2 Å². The van der Waals surface area contributed by atoms with Crippen molar-refractivity contribution >= 4 is 28.7 Å². The summed E-state index contributed by atoms with van der Waals surface area (Å²) in [6.07, 6.45) is -0.813. The number of aromatic amines is 1. The van der Waals surface area contributed by atoms with Crippen LogP contribution in [0.4, 0.5) is 5.95 Å². The van der Waals surface area contributed by atoms with Gasteiger partial charge in [-0.1, -0.05) is 0 Å². The van der Waals surface area contributed by atoms with Gasteiger partial charge in [-0.3, -0.25) is 14.3 Å². The fourth-order valence-corrected chi connectivity index (χ4v) is 3.00. The van der Waals surface area contributed by atoms with E-state index in [4.69, 9.17) is 11.6 Å². The molecule has 0 saturated carbocycles. The number of aromatic nitrogens is 4. The number of piperazine rings is 1. The van der Waals surface area contributed by atoms with Crippen molar-refractivity contribution in [3.05, 3.63) is 20.8 Å². The van der Waals surface area contributed by atoms with Crippen LogP contribution in [0.15, 0.2) is 9.59 Å². The lowest BCUT2D eigenvalue weighted by atomic mass is 10.3. The monoisotopic (exact) mass is 356 g/mol. The summed E-state index contributed by atoms with van der Waals surface area (Å²) in [6.45, 7) is 3.39. The van der Waals surface area contributed by atoms with Crippen molar-refractivity contribution in [2.24, 2.45) is 7.05 Å². The number of nitrogens with one attached hydrogen (secondary N) is 1. The van der Waals surface area contributed by atoms with Crippen LogP contribution in [-0.2, 0) is 13.6 Å². The lowest BCUT2D eigenvalue weighted by Crippen LogP contribution is -2.45. The van der Waals surface area contributed by atoms with Crippen molar-refractivity contribution < 1.29 is 5.11 Å². The Morgan fingerprint density at radius 2 is 1.92 bits per heavy atom. The fraction of sp³-hybridized carbons (Fsp3) is 0.643. The molecule has 0 amide bonds. The maximum absolute atomic E-state index is 12.3. The summed E-state index contributed by atoms with van der Waals surface area (Å²) in [5.74, 6) is 0.625. The smallest absolute Gasteiger partial charge is 0.329 e. The molecule has 9 nitrogen and oxygen atoms in total. The molecule has 0 radical (unpaired) electrons. The van der Waals surface area contributed by atoms with Crippen LogP contribution < -0.4 is 16.1 Å². The predicted molar refractivity (Wildman–Crippen MR) is 92.0 cm³/mol. The Morgan fingerprint density at radius 3 is 2.54 bits per heavy atom. The van der Waals surface area contributed by atoms with Crippen LogP contribution >= 0.6 is 11.6 Å². The van der Waals surface area contributed by atoms with Gasteiger partial charge in [0.2, 0.25) is 5.95 Å². The van der Waals surface area contributed by atoms with Gasteiger partial charge in [0, 0.05) is 33.2 Å². The number of aliphatic hydroxyl groups is 1. The lowest BCUT2D eigenvalue weighted by molar-refractivity contribution is 0.178. The molecule has 3 rings (SSSR count). The molecule has 24 heavy (non-hydrogen) atoms. The van der Waals surface area contributed by atoms with E-state index < -0.39 is 17.4 Å². The van der Waals surface area contributed by atoms with E-state index in [1.54, 1.807) is 11.6 Å². The number of imidazole rings is 1. The van der Waals surface area contributed by atoms with E-state index in [-0.39, 0.29) is 17.9 Å². The molecule has 2 aromatic heterocycles. The zero-order chi connectivity index (χ0) is 17.4. The van der Waals surface area contributed by atoms with E-state index in [2.05, 4.69) is 19.8 Å². The number of fused-ring (bicyclic) bond motifs is 1. The first-order valence-electron chi connectivity index (χ1n) is 7.79. The second-order valence-electron chi connectivity index (χ2n) is 6.11.